The van der Waals surface area contributed by atoms with E-state index in [0.717, 1.165) is 6.08 Å². The molecule has 0 aliphatic carbocycles. The highest BCUT2D eigenvalue weighted by molar-refractivity contribution is 9.10. The highest BCUT2D eigenvalue weighted by Crippen LogP contribution is 2.37. The van der Waals surface area contributed by atoms with Gasteiger partial charge in [-0.15, -0.1) is 0 Å². The van der Waals surface area contributed by atoms with E-state index in [9.17, 15) is 4.79 Å². The Hall–Kier alpha value is -1.53. The highest BCUT2D eigenvalue weighted by Gasteiger charge is 2.14. The van der Waals surface area contributed by atoms with Crippen LogP contribution >= 0.6 is 15.9 Å². The fraction of sp³-hybridized carbons (Fsp3) is 0.357. The van der Waals surface area contributed by atoms with Gasteiger partial charge in [-0.1, -0.05) is 0 Å². The van der Waals surface area contributed by atoms with Crippen molar-refractivity contribution in [3.63, 3.8) is 0 Å². The van der Waals surface area contributed by atoms with Crippen LogP contribution in [-0.2, 0) is 9.53 Å². The van der Waals surface area contributed by atoms with Crippen LogP contribution in [0.5, 0.6) is 11.5 Å². The number of hydrogen-bond acceptors (Lipinski definition) is 4. The molecular formula is C14H17BrO5. The average molecular weight is 345 g/mol. The van der Waals surface area contributed by atoms with Gasteiger partial charge >= 0.3 is 5.97 Å². The Bertz CT molecular complexity index is 499. The molecule has 0 spiro atoms. The number of carbonyl (C=O) groups is 1. The molecule has 1 aromatic carbocycles. The standard InChI is InChI=1S/C14H17BrO5/c1-9(8-18-2)20-14-11(15)6-10(4-5-13(16)17)7-12(14)19-3/h4-7,9H,8H2,1-3H3,(H,16,17). The summed E-state index contributed by atoms with van der Waals surface area (Å²) >= 11 is 3.40. The molecule has 1 aromatic rings. The van der Waals surface area contributed by atoms with Crippen LogP contribution in [0, 0.1) is 0 Å². The summed E-state index contributed by atoms with van der Waals surface area (Å²) in [5, 5.41) is 8.63. The van der Waals surface area contributed by atoms with E-state index >= 15 is 0 Å². The fourth-order valence-corrected chi connectivity index (χ4v) is 2.14. The summed E-state index contributed by atoms with van der Waals surface area (Å²) < 4.78 is 16.7. The molecule has 0 aliphatic heterocycles. The highest BCUT2D eigenvalue weighted by atomic mass is 79.9. The molecular weight excluding hydrogens is 328 g/mol. The number of aliphatic carboxylic acids is 1. The first-order valence-electron chi connectivity index (χ1n) is 5.92. The van der Waals surface area contributed by atoms with Crippen LogP contribution in [-0.4, -0.2) is 38.0 Å². The zero-order chi connectivity index (χ0) is 15.1. The predicted octanol–water partition coefficient (Wildman–Crippen LogP) is 2.97. The van der Waals surface area contributed by atoms with E-state index in [2.05, 4.69) is 15.9 Å². The van der Waals surface area contributed by atoms with Gasteiger partial charge in [0.2, 0.25) is 0 Å². The summed E-state index contributed by atoms with van der Waals surface area (Å²) in [6, 6.07) is 3.47. The number of hydrogen-bond donors (Lipinski definition) is 1. The number of halogens is 1. The molecule has 1 atom stereocenters. The Balaban J connectivity index is 3.04. The van der Waals surface area contributed by atoms with Gasteiger partial charge in [-0.25, -0.2) is 4.79 Å². The number of carboxylic acids is 1. The summed E-state index contributed by atoms with van der Waals surface area (Å²) in [6.07, 6.45) is 2.42. The van der Waals surface area contributed by atoms with E-state index in [0.29, 0.717) is 28.1 Å². The number of rotatable bonds is 7. The molecule has 0 aromatic heterocycles. The van der Waals surface area contributed by atoms with Gasteiger partial charge < -0.3 is 19.3 Å². The number of ether oxygens (including phenoxy) is 3. The number of methoxy groups -OCH3 is 2. The minimum atomic E-state index is -1.01. The van der Waals surface area contributed by atoms with Crippen molar-refractivity contribution in [3.8, 4) is 11.5 Å². The molecule has 1 N–H and O–H groups in total. The maximum atomic E-state index is 10.5. The van der Waals surface area contributed by atoms with Crippen molar-refractivity contribution >= 4 is 28.0 Å². The van der Waals surface area contributed by atoms with Crippen molar-refractivity contribution in [1.82, 2.24) is 0 Å². The van der Waals surface area contributed by atoms with Crippen LogP contribution in [0.2, 0.25) is 0 Å². The normalized spacial score (nSPS) is 12.4. The minimum Gasteiger partial charge on any atom is -0.493 e. The molecule has 0 saturated carbocycles. The first-order valence-corrected chi connectivity index (χ1v) is 6.71. The number of benzene rings is 1. The van der Waals surface area contributed by atoms with Gasteiger partial charge in [0.25, 0.3) is 0 Å². The third-order valence-electron chi connectivity index (χ3n) is 2.39. The maximum Gasteiger partial charge on any atom is 0.328 e. The van der Waals surface area contributed by atoms with Gasteiger partial charge in [0, 0.05) is 13.2 Å². The van der Waals surface area contributed by atoms with Crippen LogP contribution in [0.1, 0.15) is 12.5 Å². The van der Waals surface area contributed by atoms with Crippen molar-refractivity contribution in [2.45, 2.75) is 13.0 Å². The van der Waals surface area contributed by atoms with E-state index in [1.165, 1.54) is 13.2 Å². The van der Waals surface area contributed by atoms with E-state index in [4.69, 9.17) is 19.3 Å². The van der Waals surface area contributed by atoms with Gasteiger partial charge in [0.1, 0.15) is 6.10 Å². The Morgan fingerprint density at radius 2 is 2.15 bits per heavy atom. The Kier molecular flexibility index (Phi) is 6.54. The molecule has 0 radical (unpaired) electrons. The van der Waals surface area contributed by atoms with Crippen LogP contribution in [0.25, 0.3) is 6.08 Å². The molecule has 6 heteroatoms. The third kappa shape index (κ3) is 4.86. The second-order valence-electron chi connectivity index (χ2n) is 4.09. The second kappa shape index (κ2) is 7.91. The first kappa shape index (κ1) is 16.5. The molecule has 0 amide bonds. The van der Waals surface area contributed by atoms with E-state index in [1.54, 1.807) is 19.2 Å². The van der Waals surface area contributed by atoms with Crippen LogP contribution in [0.4, 0.5) is 0 Å². The summed E-state index contributed by atoms with van der Waals surface area (Å²) in [6.45, 7) is 2.34. The lowest BCUT2D eigenvalue weighted by Crippen LogP contribution is -2.18. The van der Waals surface area contributed by atoms with Crippen molar-refractivity contribution in [3.05, 3.63) is 28.2 Å². The average Bonchev–Trinajstić information content (AvgIpc) is 2.39. The van der Waals surface area contributed by atoms with Crippen molar-refractivity contribution in [2.24, 2.45) is 0 Å². The van der Waals surface area contributed by atoms with E-state index < -0.39 is 5.97 Å². The predicted molar refractivity (Wildman–Crippen MR) is 79.3 cm³/mol. The largest absolute Gasteiger partial charge is 0.493 e. The summed E-state index contributed by atoms with van der Waals surface area (Å²) in [5.41, 5.74) is 0.697. The van der Waals surface area contributed by atoms with Gasteiger partial charge in [0.15, 0.2) is 11.5 Å². The van der Waals surface area contributed by atoms with Gasteiger partial charge in [-0.3, -0.25) is 0 Å². The number of carboxylic acid groups (broad SMARTS) is 1. The van der Waals surface area contributed by atoms with Crippen LogP contribution < -0.4 is 9.47 Å². The van der Waals surface area contributed by atoms with E-state index in [1.807, 2.05) is 6.92 Å². The molecule has 5 nitrogen and oxygen atoms in total. The SMILES string of the molecule is COCC(C)Oc1c(Br)cc(C=CC(=O)O)cc1OC. The quantitative estimate of drug-likeness (QED) is 0.770. The summed E-state index contributed by atoms with van der Waals surface area (Å²) in [7, 11) is 3.13. The zero-order valence-electron chi connectivity index (χ0n) is 11.6. The topological polar surface area (TPSA) is 65.0 Å². The first-order chi connectivity index (χ1) is 9.47. The molecule has 0 aliphatic rings. The molecule has 0 heterocycles. The summed E-state index contributed by atoms with van der Waals surface area (Å²) in [4.78, 5) is 10.5. The van der Waals surface area contributed by atoms with Gasteiger partial charge in [0.05, 0.1) is 18.2 Å². The monoisotopic (exact) mass is 344 g/mol. The van der Waals surface area contributed by atoms with Gasteiger partial charge in [-0.05, 0) is 46.6 Å². The van der Waals surface area contributed by atoms with Gasteiger partial charge in [-0.2, -0.15) is 0 Å². The van der Waals surface area contributed by atoms with Crippen molar-refractivity contribution in [1.29, 1.82) is 0 Å². The zero-order valence-corrected chi connectivity index (χ0v) is 13.1. The lowest BCUT2D eigenvalue weighted by atomic mass is 10.2. The maximum absolute atomic E-state index is 10.5. The van der Waals surface area contributed by atoms with Crippen molar-refractivity contribution in [2.75, 3.05) is 20.8 Å². The van der Waals surface area contributed by atoms with Crippen LogP contribution in [0.15, 0.2) is 22.7 Å². The third-order valence-corrected chi connectivity index (χ3v) is 2.98. The summed E-state index contributed by atoms with van der Waals surface area (Å²) in [5.74, 6) is 0.0750. The Labute approximate surface area is 126 Å². The second-order valence-corrected chi connectivity index (χ2v) is 4.94. The fourth-order valence-electron chi connectivity index (χ4n) is 1.59. The molecule has 110 valence electrons. The molecule has 0 bridgehead atoms. The van der Waals surface area contributed by atoms with E-state index in [-0.39, 0.29) is 6.10 Å². The molecule has 0 fully saturated rings. The molecule has 0 saturated heterocycles. The molecule has 20 heavy (non-hydrogen) atoms. The lowest BCUT2D eigenvalue weighted by molar-refractivity contribution is -0.131. The Morgan fingerprint density at radius 3 is 2.70 bits per heavy atom. The Morgan fingerprint density at radius 1 is 1.45 bits per heavy atom. The molecule has 1 unspecified atom stereocenters. The smallest absolute Gasteiger partial charge is 0.328 e. The molecule has 1 rings (SSSR count). The van der Waals surface area contributed by atoms with Crippen molar-refractivity contribution < 1.29 is 24.1 Å². The minimum absolute atomic E-state index is 0.134. The van der Waals surface area contributed by atoms with Crippen LogP contribution in [0.3, 0.4) is 0 Å². The lowest BCUT2D eigenvalue weighted by Gasteiger charge is -2.18.